The molecule has 0 spiro atoms. The molecule has 3 amide bonds. The predicted octanol–water partition coefficient (Wildman–Crippen LogP) is 5.93. The Hall–Kier alpha value is -3.87. The zero-order chi connectivity index (χ0) is 36.7. The molecule has 0 aliphatic carbocycles. The van der Waals surface area contributed by atoms with Gasteiger partial charge in [-0.3, -0.25) is 14.6 Å². The lowest BCUT2D eigenvalue weighted by Crippen LogP contribution is -2.46. The van der Waals surface area contributed by atoms with Crippen LogP contribution in [-0.2, 0) is 14.8 Å². The molecule has 3 aromatic carbocycles. The number of carbonyl (C=O) groups is 2. The Labute approximate surface area is 309 Å². The summed E-state index contributed by atoms with van der Waals surface area (Å²) in [6, 6.07) is 19.2. The molecular weight excluding hydrogens is 677 g/mol. The molecule has 3 saturated heterocycles. The number of ether oxygens (including phenoxy) is 1. The quantitative estimate of drug-likeness (QED) is 0.127. The van der Waals surface area contributed by atoms with Crippen LogP contribution >= 0.6 is 0 Å². The second kappa shape index (κ2) is 16.9. The number of anilines is 2. The van der Waals surface area contributed by atoms with Gasteiger partial charge in [0.2, 0.25) is 10.0 Å². The molecule has 1 atom stereocenters. The van der Waals surface area contributed by atoms with E-state index < -0.39 is 15.6 Å². The number of carbonyl (C=O) groups excluding carboxylic acids is 2. The van der Waals surface area contributed by atoms with Gasteiger partial charge in [0.05, 0.1) is 17.7 Å². The third kappa shape index (κ3) is 8.04. The number of nitrogens with one attached hydrogen (secondary N) is 1. The number of rotatable bonds is 18. The van der Waals surface area contributed by atoms with Crippen LogP contribution in [0.1, 0.15) is 64.2 Å². The number of urea groups is 1. The zero-order valence-electron chi connectivity index (χ0n) is 31.2. The second-order valence-electron chi connectivity index (χ2n) is 14.7. The molecule has 11 nitrogen and oxygen atoms in total. The minimum absolute atomic E-state index is 0.000896. The Balaban J connectivity index is 0.892. The highest BCUT2D eigenvalue weighted by Gasteiger charge is 2.58. The monoisotopic (exact) mass is 732 g/mol. The number of piperazine rings is 1. The molecular formula is C40H56N6O5S. The first-order chi connectivity index (χ1) is 25.2. The van der Waals surface area contributed by atoms with Crippen molar-refractivity contribution in [2.45, 2.75) is 74.6 Å². The Kier molecular flexibility index (Phi) is 12.3. The number of imide groups is 1. The van der Waals surface area contributed by atoms with Crippen molar-refractivity contribution in [3.63, 3.8) is 0 Å². The van der Waals surface area contributed by atoms with Gasteiger partial charge in [-0.25, -0.2) is 17.9 Å². The maximum atomic E-state index is 13.8. The average Bonchev–Trinajstić information content (AvgIpc) is 3.67. The molecule has 0 bridgehead atoms. The fraction of sp³-hybridized carbons (Fsp3) is 0.550. The van der Waals surface area contributed by atoms with Gasteiger partial charge >= 0.3 is 6.03 Å². The van der Waals surface area contributed by atoms with E-state index in [4.69, 9.17) is 4.74 Å². The third-order valence-corrected chi connectivity index (χ3v) is 12.7. The first kappa shape index (κ1) is 37.9. The highest BCUT2D eigenvalue weighted by Crippen LogP contribution is 2.41. The number of hydrogen-bond donors (Lipinski definition) is 1. The van der Waals surface area contributed by atoms with Crippen molar-refractivity contribution in [3.05, 3.63) is 60.7 Å². The van der Waals surface area contributed by atoms with Gasteiger partial charge < -0.3 is 19.4 Å². The molecule has 3 aliphatic rings. The summed E-state index contributed by atoms with van der Waals surface area (Å²) in [5.41, 5.74) is 1.45. The third-order valence-electron chi connectivity index (χ3n) is 11.2. The van der Waals surface area contributed by atoms with E-state index >= 15 is 0 Å². The van der Waals surface area contributed by atoms with Crippen LogP contribution in [0.2, 0.25) is 0 Å². The molecule has 1 N–H and O–H groups in total. The van der Waals surface area contributed by atoms with Gasteiger partial charge in [0.15, 0.2) is 0 Å². The number of sulfonamides is 1. The van der Waals surface area contributed by atoms with E-state index in [2.05, 4.69) is 20.6 Å². The lowest BCUT2D eigenvalue weighted by molar-refractivity contribution is -0.133. The average molecular weight is 733 g/mol. The number of methoxy groups -OCH3 is 1. The van der Waals surface area contributed by atoms with Gasteiger partial charge in [0.25, 0.3) is 5.91 Å². The summed E-state index contributed by atoms with van der Waals surface area (Å²) >= 11 is 0. The predicted molar refractivity (Wildman–Crippen MR) is 208 cm³/mol. The van der Waals surface area contributed by atoms with Crippen LogP contribution in [0.15, 0.2) is 65.6 Å². The zero-order valence-corrected chi connectivity index (χ0v) is 32.0. The standard InChI is InChI=1S/C40H56N6O5S/c1-42(2)34-19-13-17-33-32(34)16-14-21-37(33)52(49,50)41-24-10-6-4-5-9-22-40-23-15-27-46(40)39(48)45(38(40)47)26-12-11-25-43-28-30-44(31-29-43)35-18-7-8-20-36(35)51-3/h7-8,13-14,16-21,41H,4-6,9-12,15,22-31H2,1-3H3. The first-order valence-electron chi connectivity index (χ1n) is 19.1. The molecule has 1 unspecified atom stereocenters. The lowest BCUT2D eigenvalue weighted by atomic mass is 9.89. The van der Waals surface area contributed by atoms with Crippen molar-refractivity contribution in [1.29, 1.82) is 0 Å². The number of nitrogens with zero attached hydrogens (tertiary/aromatic N) is 5. The van der Waals surface area contributed by atoms with Crippen LogP contribution in [0.4, 0.5) is 16.2 Å². The molecule has 0 radical (unpaired) electrons. The Morgan fingerprint density at radius 1 is 0.788 bits per heavy atom. The van der Waals surface area contributed by atoms with Crippen molar-refractivity contribution >= 4 is 44.1 Å². The van der Waals surface area contributed by atoms with E-state index in [-0.39, 0.29) is 11.9 Å². The normalized spacial score (nSPS) is 19.6. The number of unbranched alkanes of at least 4 members (excludes halogenated alkanes) is 5. The molecule has 6 rings (SSSR count). The van der Waals surface area contributed by atoms with E-state index in [1.54, 1.807) is 19.2 Å². The highest BCUT2D eigenvalue weighted by atomic mass is 32.2. The highest BCUT2D eigenvalue weighted by molar-refractivity contribution is 7.89. The van der Waals surface area contributed by atoms with Crippen LogP contribution in [-0.4, -0.2) is 114 Å². The SMILES string of the molecule is COc1ccccc1N1CCN(CCCCN2C(=O)N3CCCC3(CCCCCCCNS(=O)(=O)c3cccc4c(N(C)C)cccc34)C2=O)CC1. The van der Waals surface area contributed by atoms with Gasteiger partial charge in [-0.2, -0.15) is 0 Å². The Bertz CT molecular complexity index is 1810. The summed E-state index contributed by atoms with van der Waals surface area (Å²) < 4.78 is 34.8. The van der Waals surface area contributed by atoms with Crippen molar-refractivity contribution in [3.8, 4) is 5.75 Å². The largest absolute Gasteiger partial charge is 0.495 e. The van der Waals surface area contributed by atoms with Crippen molar-refractivity contribution in [2.24, 2.45) is 0 Å². The van der Waals surface area contributed by atoms with E-state index in [1.165, 1.54) is 4.90 Å². The van der Waals surface area contributed by atoms with Gasteiger partial charge in [-0.1, -0.05) is 62.1 Å². The van der Waals surface area contributed by atoms with Crippen molar-refractivity contribution in [2.75, 3.05) is 83.4 Å². The van der Waals surface area contributed by atoms with Crippen molar-refractivity contribution in [1.82, 2.24) is 19.4 Å². The number of benzene rings is 3. The molecule has 282 valence electrons. The summed E-state index contributed by atoms with van der Waals surface area (Å²) in [7, 11) is 1.97. The number of amides is 3. The van der Waals surface area contributed by atoms with E-state index in [9.17, 15) is 18.0 Å². The summed E-state index contributed by atoms with van der Waals surface area (Å²) in [5.74, 6) is 0.908. The second-order valence-corrected chi connectivity index (χ2v) is 16.4. The summed E-state index contributed by atoms with van der Waals surface area (Å²) in [6.45, 7) is 6.35. The van der Waals surface area contributed by atoms with E-state index in [0.717, 1.165) is 118 Å². The summed E-state index contributed by atoms with van der Waals surface area (Å²) in [5, 5.41) is 1.63. The minimum atomic E-state index is -3.65. The maximum Gasteiger partial charge on any atom is 0.327 e. The number of para-hydroxylation sites is 2. The molecule has 3 aromatic rings. The fourth-order valence-corrected chi connectivity index (χ4v) is 9.68. The van der Waals surface area contributed by atoms with E-state index in [1.807, 2.05) is 66.4 Å². The number of fused-ring (bicyclic) bond motifs is 2. The minimum Gasteiger partial charge on any atom is -0.495 e. The van der Waals surface area contributed by atoms with Crippen LogP contribution in [0.3, 0.4) is 0 Å². The summed E-state index contributed by atoms with van der Waals surface area (Å²) in [4.78, 5) is 37.7. The molecule has 3 fully saturated rings. The lowest BCUT2D eigenvalue weighted by Gasteiger charge is -2.36. The number of hydrogen-bond acceptors (Lipinski definition) is 8. The Morgan fingerprint density at radius 3 is 2.29 bits per heavy atom. The van der Waals surface area contributed by atoms with Gasteiger partial charge in [0.1, 0.15) is 11.3 Å². The fourth-order valence-electron chi connectivity index (χ4n) is 8.38. The smallest absolute Gasteiger partial charge is 0.327 e. The van der Waals surface area contributed by atoms with Gasteiger partial charge in [-0.15, -0.1) is 0 Å². The van der Waals surface area contributed by atoms with Crippen LogP contribution in [0, 0.1) is 0 Å². The van der Waals surface area contributed by atoms with Crippen LogP contribution in [0.25, 0.3) is 10.8 Å². The molecule has 3 aliphatic heterocycles. The van der Waals surface area contributed by atoms with E-state index in [0.29, 0.717) is 31.0 Å². The molecule has 0 saturated carbocycles. The molecule has 12 heteroatoms. The molecule has 3 heterocycles. The topological polar surface area (TPSA) is 106 Å². The Morgan fingerprint density at radius 2 is 1.50 bits per heavy atom. The van der Waals surface area contributed by atoms with Gasteiger partial charge in [-0.05, 0) is 69.3 Å². The summed E-state index contributed by atoms with van der Waals surface area (Å²) in [6.07, 6.45) is 8.51. The molecule has 0 aromatic heterocycles. The van der Waals surface area contributed by atoms with Crippen LogP contribution < -0.4 is 19.3 Å². The first-order valence-corrected chi connectivity index (χ1v) is 20.6. The van der Waals surface area contributed by atoms with Crippen LogP contribution in [0.5, 0.6) is 5.75 Å². The maximum absolute atomic E-state index is 13.8. The van der Waals surface area contributed by atoms with Gasteiger partial charge in [0, 0.05) is 76.4 Å². The molecule has 52 heavy (non-hydrogen) atoms. The van der Waals surface area contributed by atoms with Crippen molar-refractivity contribution < 1.29 is 22.7 Å².